The van der Waals surface area contributed by atoms with Crippen molar-refractivity contribution in [3.63, 3.8) is 0 Å². The van der Waals surface area contributed by atoms with Crippen molar-refractivity contribution in [1.82, 2.24) is 0 Å². The van der Waals surface area contributed by atoms with Gasteiger partial charge in [0.1, 0.15) is 0 Å². The summed E-state index contributed by atoms with van der Waals surface area (Å²) in [5.41, 5.74) is -0.690. The largest absolute Gasteiger partial charge is 0.478 e. The molecule has 0 bridgehead atoms. The topological polar surface area (TPSA) is 112 Å². The molecule has 0 aliphatic carbocycles. The van der Waals surface area contributed by atoms with E-state index in [4.69, 9.17) is 0 Å². The van der Waals surface area contributed by atoms with Crippen molar-refractivity contribution in [2.45, 2.75) is 12.8 Å². The third kappa shape index (κ3) is 2.20. The van der Waals surface area contributed by atoms with E-state index < -0.39 is 29.6 Å². The van der Waals surface area contributed by atoms with E-state index in [2.05, 4.69) is 0 Å². The predicted octanol–water partition coefficient (Wildman–Crippen LogP) is 0.468. The molecule has 0 saturated carbocycles. The Morgan fingerprint density at radius 3 is 2.00 bits per heavy atom. The Bertz CT molecular complexity index is 776. The Labute approximate surface area is 129 Å². The van der Waals surface area contributed by atoms with E-state index in [0.717, 1.165) is 22.0 Å². The van der Waals surface area contributed by atoms with Gasteiger partial charge in [-0.2, -0.15) is 0 Å². The number of hydrogen-bond acceptors (Lipinski definition) is 5. The van der Waals surface area contributed by atoms with Gasteiger partial charge in [-0.05, 0) is 12.1 Å². The minimum Gasteiger partial charge on any atom is -0.478 e. The second kappa shape index (κ2) is 5.16. The number of imide groups is 2. The molecule has 0 radical (unpaired) electrons. The van der Waals surface area contributed by atoms with E-state index in [0.29, 0.717) is 0 Å². The van der Waals surface area contributed by atoms with E-state index in [1.54, 1.807) is 0 Å². The highest BCUT2D eigenvalue weighted by Gasteiger charge is 2.38. The summed E-state index contributed by atoms with van der Waals surface area (Å²) in [5.74, 6) is -3.86. The minimum atomic E-state index is -1.37. The molecule has 8 heteroatoms. The standard InChI is InChI=1S/C15H10N2O6/c18-10-4-5-11(19)16(10)9-3-1-2-8(15(22)23)14(9)17-12(20)6-7-13(17)21/h1-5H,6-7H2,(H,22,23). The zero-order chi connectivity index (χ0) is 16.7. The van der Waals surface area contributed by atoms with E-state index in [1.807, 2.05) is 0 Å². The van der Waals surface area contributed by atoms with Gasteiger partial charge >= 0.3 is 5.97 Å². The lowest BCUT2D eigenvalue weighted by Gasteiger charge is -2.24. The molecule has 4 amide bonds. The van der Waals surface area contributed by atoms with Gasteiger partial charge in [0.15, 0.2) is 0 Å². The van der Waals surface area contributed by atoms with Crippen molar-refractivity contribution in [1.29, 1.82) is 0 Å². The number of amides is 4. The van der Waals surface area contributed by atoms with Crippen molar-refractivity contribution >= 4 is 41.0 Å². The quantitative estimate of drug-likeness (QED) is 0.811. The molecule has 8 nitrogen and oxygen atoms in total. The Kier molecular flexibility index (Phi) is 3.29. The van der Waals surface area contributed by atoms with Crippen LogP contribution in [0.4, 0.5) is 11.4 Å². The number of nitrogens with zero attached hydrogens (tertiary/aromatic N) is 2. The predicted molar refractivity (Wildman–Crippen MR) is 76.8 cm³/mol. The molecule has 23 heavy (non-hydrogen) atoms. The summed E-state index contributed by atoms with van der Waals surface area (Å²) in [5, 5.41) is 9.34. The molecule has 0 aromatic heterocycles. The van der Waals surface area contributed by atoms with Gasteiger partial charge in [-0.3, -0.25) is 19.2 Å². The van der Waals surface area contributed by atoms with Crippen LogP contribution < -0.4 is 9.80 Å². The highest BCUT2D eigenvalue weighted by molar-refractivity contribution is 6.32. The van der Waals surface area contributed by atoms with Crippen LogP contribution in [0.1, 0.15) is 23.2 Å². The van der Waals surface area contributed by atoms with Crippen molar-refractivity contribution in [3.05, 3.63) is 35.9 Å². The van der Waals surface area contributed by atoms with Crippen molar-refractivity contribution in [2.24, 2.45) is 0 Å². The first-order valence-electron chi connectivity index (χ1n) is 6.70. The van der Waals surface area contributed by atoms with Crippen LogP contribution in [0.3, 0.4) is 0 Å². The first-order chi connectivity index (χ1) is 10.9. The first-order valence-corrected chi connectivity index (χ1v) is 6.70. The molecule has 2 heterocycles. The molecule has 1 saturated heterocycles. The molecular weight excluding hydrogens is 304 g/mol. The first kappa shape index (κ1) is 14.6. The van der Waals surface area contributed by atoms with Crippen LogP contribution in [-0.2, 0) is 19.2 Å². The molecule has 1 aromatic carbocycles. The molecule has 2 aliphatic heterocycles. The van der Waals surface area contributed by atoms with Crippen LogP contribution >= 0.6 is 0 Å². The maximum absolute atomic E-state index is 12.0. The Morgan fingerprint density at radius 1 is 0.913 bits per heavy atom. The highest BCUT2D eigenvalue weighted by Crippen LogP contribution is 2.37. The Morgan fingerprint density at radius 2 is 1.48 bits per heavy atom. The van der Waals surface area contributed by atoms with E-state index >= 15 is 0 Å². The molecule has 1 fully saturated rings. The lowest BCUT2D eigenvalue weighted by Crippen LogP contribution is -2.36. The summed E-state index contributed by atoms with van der Waals surface area (Å²) in [6.45, 7) is 0. The fourth-order valence-corrected chi connectivity index (χ4v) is 2.58. The number of para-hydroxylation sites is 1. The molecule has 0 spiro atoms. The van der Waals surface area contributed by atoms with Crippen LogP contribution in [-0.4, -0.2) is 34.7 Å². The number of carboxylic acid groups (broad SMARTS) is 1. The number of carboxylic acids is 1. The minimum absolute atomic E-state index is 0.0492. The van der Waals surface area contributed by atoms with Gasteiger partial charge in [0.05, 0.1) is 16.9 Å². The number of hydrogen-bond donors (Lipinski definition) is 1. The van der Waals surface area contributed by atoms with Crippen LogP contribution in [0.5, 0.6) is 0 Å². The highest BCUT2D eigenvalue weighted by atomic mass is 16.4. The summed E-state index contributed by atoms with van der Waals surface area (Å²) in [4.78, 5) is 60.7. The average Bonchev–Trinajstić information content (AvgIpc) is 3.01. The number of carbonyl (C=O) groups excluding carboxylic acids is 4. The third-order valence-electron chi connectivity index (χ3n) is 3.57. The normalized spacial score (nSPS) is 17.6. The molecule has 1 N–H and O–H groups in total. The fraction of sp³-hybridized carbons (Fsp3) is 0.133. The van der Waals surface area contributed by atoms with Crippen molar-refractivity contribution in [2.75, 3.05) is 9.80 Å². The molecule has 116 valence electrons. The third-order valence-corrected chi connectivity index (χ3v) is 3.57. The smallest absolute Gasteiger partial charge is 0.337 e. The van der Waals surface area contributed by atoms with Gasteiger partial charge in [0, 0.05) is 25.0 Å². The van der Waals surface area contributed by atoms with Gasteiger partial charge < -0.3 is 5.11 Å². The van der Waals surface area contributed by atoms with Crippen molar-refractivity contribution in [3.8, 4) is 0 Å². The van der Waals surface area contributed by atoms with E-state index in [9.17, 15) is 29.1 Å². The molecule has 0 atom stereocenters. The fourth-order valence-electron chi connectivity index (χ4n) is 2.58. The molecular formula is C15H10N2O6. The van der Waals surface area contributed by atoms with Crippen LogP contribution in [0.2, 0.25) is 0 Å². The second-order valence-corrected chi connectivity index (χ2v) is 4.95. The Balaban J connectivity index is 2.25. The van der Waals surface area contributed by atoms with Crippen LogP contribution in [0.15, 0.2) is 30.4 Å². The lowest BCUT2D eigenvalue weighted by atomic mass is 10.1. The lowest BCUT2D eigenvalue weighted by molar-refractivity contribution is -0.122. The summed E-state index contributed by atoms with van der Waals surface area (Å²) in [6.07, 6.45) is 1.97. The number of anilines is 2. The van der Waals surface area contributed by atoms with E-state index in [1.165, 1.54) is 18.2 Å². The monoisotopic (exact) mass is 314 g/mol. The zero-order valence-corrected chi connectivity index (χ0v) is 11.7. The number of carbonyl (C=O) groups is 5. The SMILES string of the molecule is O=C(O)c1cccc(N2C(=O)C=CC2=O)c1N1C(=O)CCC1=O. The second-order valence-electron chi connectivity index (χ2n) is 4.95. The summed E-state index contributed by atoms with van der Waals surface area (Å²) in [6, 6.07) is 3.87. The number of benzene rings is 1. The summed E-state index contributed by atoms with van der Waals surface area (Å²) >= 11 is 0. The maximum Gasteiger partial charge on any atom is 0.337 e. The summed E-state index contributed by atoms with van der Waals surface area (Å²) < 4.78 is 0. The van der Waals surface area contributed by atoms with Gasteiger partial charge in [0.25, 0.3) is 11.8 Å². The molecule has 2 aliphatic rings. The van der Waals surface area contributed by atoms with Gasteiger partial charge in [-0.1, -0.05) is 6.07 Å². The molecule has 1 aromatic rings. The zero-order valence-electron chi connectivity index (χ0n) is 11.7. The number of rotatable bonds is 3. The Hall–Kier alpha value is -3.29. The van der Waals surface area contributed by atoms with Crippen molar-refractivity contribution < 1.29 is 29.1 Å². The maximum atomic E-state index is 12.0. The van der Waals surface area contributed by atoms with Crippen LogP contribution in [0.25, 0.3) is 0 Å². The van der Waals surface area contributed by atoms with Gasteiger partial charge in [-0.15, -0.1) is 0 Å². The van der Waals surface area contributed by atoms with Gasteiger partial charge in [0.2, 0.25) is 11.8 Å². The summed E-state index contributed by atoms with van der Waals surface area (Å²) in [7, 11) is 0. The molecule has 0 unspecified atom stereocenters. The van der Waals surface area contributed by atoms with Gasteiger partial charge in [-0.25, -0.2) is 14.6 Å². The van der Waals surface area contributed by atoms with E-state index in [-0.39, 0.29) is 29.8 Å². The number of aromatic carboxylic acids is 1. The molecule has 3 rings (SSSR count). The van der Waals surface area contributed by atoms with Crippen LogP contribution in [0, 0.1) is 0 Å². The average molecular weight is 314 g/mol.